The van der Waals surface area contributed by atoms with Crippen molar-refractivity contribution in [3.8, 4) is 0 Å². The molecule has 1 spiro atoms. The van der Waals surface area contributed by atoms with Crippen LogP contribution in [0.2, 0.25) is 0 Å². The van der Waals surface area contributed by atoms with E-state index in [2.05, 4.69) is 23.2 Å². The van der Waals surface area contributed by atoms with Gasteiger partial charge in [0.15, 0.2) is 0 Å². The van der Waals surface area contributed by atoms with Crippen molar-refractivity contribution in [3.05, 3.63) is 21.4 Å². The molecule has 4 aliphatic rings. The molecule has 6 heteroatoms. The van der Waals surface area contributed by atoms with E-state index >= 15 is 0 Å². The van der Waals surface area contributed by atoms with Crippen molar-refractivity contribution >= 4 is 17.4 Å². The monoisotopic (exact) mass is 460 g/mol. The molecule has 1 amide bonds. The summed E-state index contributed by atoms with van der Waals surface area (Å²) in [7, 11) is 0. The molecule has 3 fully saturated rings. The fourth-order valence-corrected chi connectivity index (χ4v) is 7.46. The molecule has 0 bridgehead atoms. The molecule has 5 nitrogen and oxygen atoms in total. The van der Waals surface area contributed by atoms with E-state index in [-0.39, 0.29) is 11.7 Å². The van der Waals surface area contributed by atoms with Crippen molar-refractivity contribution in [2.75, 3.05) is 32.8 Å². The van der Waals surface area contributed by atoms with E-state index in [1.807, 2.05) is 11.3 Å². The summed E-state index contributed by atoms with van der Waals surface area (Å²) in [4.78, 5) is 17.8. The molecule has 1 saturated heterocycles. The van der Waals surface area contributed by atoms with Gasteiger partial charge in [-0.2, -0.15) is 0 Å². The number of nitrogens with one attached hydrogen (secondary N) is 1. The number of ether oxygens (including phenoxy) is 2. The van der Waals surface area contributed by atoms with Crippen molar-refractivity contribution in [2.24, 2.45) is 11.8 Å². The lowest BCUT2D eigenvalue weighted by molar-refractivity contribution is -0.0996. The number of amides is 1. The van der Waals surface area contributed by atoms with Crippen LogP contribution >= 0.6 is 11.3 Å². The molecule has 2 aliphatic carbocycles. The molecular formula is C26H40N2O3S. The van der Waals surface area contributed by atoms with Crippen molar-refractivity contribution in [1.82, 2.24) is 10.2 Å². The second kappa shape index (κ2) is 10.0. The average Bonchev–Trinajstić information content (AvgIpc) is 3.24. The first kappa shape index (κ1) is 22.7. The molecule has 0 unspecified atom stereocenters. The average molecular weight is 461 g/mol. The van der Waals surface area contributed by atoms with E-state index in [9.17, 15) is 4.79 Å². The molecule has 0 aromatic carbocycles. The highest BCUT2D eigenvalue weighted by Crippen LogP contribution is 2.45. The van der Waals surface area contributed by atoms with Crippen LogP contribution in [0.1, 0.15) is 80.0 Å². The largest absolute Gasteiger partial charge is 0.449 e. The number of fused-ring (bicyclic) bond motifs is 2. The molecule has 0 atom stereocenters. The lowest BCUT2D eigenvalue weighted by atomic mass is 9.78. The van der Waals surface area contributed by atoms with Crippen molar-refractivity contribution in [3.63, 3.8) is 0 Å². The Bertz CT molecular complexity index is 774. The van der Waals surface area contributed by atoms with Crippen LogP contribution < -0.4 is 5.32 Å². The summed E-state index contributed by atoms with van der Waals surface area (Å²) in [6.45, 7) is 7.13. The summed E-state index contributed by atoms with van der Waals surface area (Å²) in [5.41, 5.74) is 1.48. The van der Waals surface area contributed by atoms with Crippen LogP contribution in [0.15, 0.2) is 6.07 Å². The third kappa shape index (κ3) is 5.02. The van der Waals surface area contributed by atoms with Gasteiger partial charge >= 0.3 is 6.09 Å². The van der Waals surface area contributed by atoms with Crippen LogP contribution in [0.25, 0.3) is 0 Å². The van der Waals surface area contributed by atoms with Gasteiger partial charge in [-0.3, -0.25) is 0 Å². The lowest BCUT2D eigenvalue weighted by Crippen LogP contribution is -2.51. The van der Waals surface area contributed by atoms with Crippen molar-refractivity contribution in [1.29, 1.82) is 0 Å². The van der Waals surface area contributed by atoms with Gasteiger partial charge in [0.05, 0.1) is 18.8 Å². The number of carbonyl (C=O) groups is 1. The molecule has 5 rings (SSSR count). The first-order valence-electron chi connectivity index (χ1n) is 13.0. The first-order chi connectivity index (χ1) is 15.6. The number of hydrogen-bond acceptors (Lipinski definition) is 5. The number of alkyl carbamates (subject to hydrolysis) is 1. The molecule has 2 saturated carbocycles. The SMILES string of the molecule is CCc1cc2c(s1)CCOC21CCN(CC2CC(NC(=O)OCC3CCCCC3)C2)CC1. The zero-order valence-electron chi connectivity index (χ0n) is 19.7. The van der Waals surface area contributed by atoms with Crippen molar-refractivity contribution in [2.45, 2.75) is 89.2 Å². The number of piperidine rings is 1. The number of carbonyl (C=O) groups excluding carboxylic acids is 1. The van der Waals surface area contributed by atoms with E-state index in [0.29, 0.717) is 24.5 Å². The molecule has 32 heavy (non-hydrogen) atoms. The Morgan fingerprint density at radius 1 is 1.22 bits per heavy atom. The predicted octanol–water partition coefficient (Wildman–Crippen LogP) is 5.26. The molecule has 1 aromatic heterocycles. The van der Waals surface area contributed by atoms with Gasteiger partial charge in [0.1, 0.15) is 0 Å². The quantitative estimate of drug-likeness (QED) is 0.629. The Balaban J connectivity index is 1.02. The zero-order valence-corrected chi connectivity index (χ0v) is 20.5. The normalized spacial score (nSPS) is 28.2. The Labute approximate surface area is 197 Å². The van der Waals surface area contributed by atoms with Gasteiger partial charge in [-0.25, -0.2) is 4.79 Å². The van der Waals surface area contributed by atoms with Crippen molar-refractivity contribution < 1.29 is 14.3 Å². The van der Waals surface area contributed by atoms with E-state index < -0.39 is 0 Å². The fraction of sp³-hybridized carbons (Fsp3) is 0.808. The van der Waals surface area contributed by atoms with Crippen LogP contribution in [0.3, 0.4) is 0 Å². The summed E-state index contributed by atoms with van der Waals surface area (Å²) in [5.74, 6) is 1.28. The van der Waals surface area contributed by atoms with E-state index in [0.717, 1.165) is 64.8 Å². The molecule has 0 radical (unpaired) electrons. The second-order valence-electron chi connectivity index (χ2n) is 10.6. The number of thiophene rings is 1. The Kier molecular flexibility index (Phi) is 7.10. The highest BCUT2D eigenvalue weighted by molar-refractivity contribution is 7.12. The highest BCUT2D eigenvalue weighted by Gasteiger charge is 2.42. The number of aryl methyl sites for hydroxylation is 1. The van der Waals surface area contributed by atoms with Gasteiger partial charge in [-0.15, -0.1) is 11.3 Å². The fourth-order valence-electron chi connectivity index (χ4n) is 6.28. The lowest BCUT2D eigenvalue weighted by Gasteiger charge is -2.46. The van der Waals surface area contributed by atoms with Gasteiger partial charge in [-0.1, -0.05) is 26.2 Å². The van der Waals surface area contributed by atoms with Gasteiger partial charge < -0.3 is 19.7 Å². The van der Waals surface area contributed by atoms with Gasteiger partial charge in [0, 0.05) is 41.9 Å². The summed E-state index contributed by atoms with van der Waals surface area (Å²) < 4.78 is 11.9. The minimum absolute atomic E-state index is 0.0280. The van der Waals surface area contributed by atoms with Crippen LogP contribution in [0, 0.1) is 11.8 Å². The third-order valence-electron chi connectivity index (χ3n) is 8.32. The number of nitrogens with zero attached hydrogens (tertiary/aromatic N) is 1. The van der Waals surface area contributed by atoms with Crippen LogP contribution in [0.4, 0.5) is 4.79 Å². The predicted molar refractivity (Wildman–Crippen MR) is 128 cm³/mol. The van der Waals surface area contributed by atoms with E-state index in [1.54, 1.807) is 4.88 Å². The van der Waals surface area contributed by atoms with E-state index in [1.165, 1.54) is 42.5 Å². The van der Waals surface area contributed by atoms with Gasteiger partial charge in [-0.05, 0) is 68.4 Å². The number of rotatable bonds is 6. The maximum absolute atomic E-state index is 12.1. The molecule has 1 aromatic rings. The summed E-state index contributed by atoms with van der Waals surface area (Å²) in [6, 6.07) is 2.74. The summed E-state index contributed by atoms with van der Waals surface area (Å²) in [5, 5.41) is 3.09. The van der Waals surface area contributed by atoms with Gasteiger partial charge in [0.2, 0.25) is 0 Å². The van der Waals surface area contributed by atoms with E-state index in [4.69, 9.17) is 9.47 Å². The van der Waals surface area contributed by atoms with Gasteiger partial charge in [0.25, 0.3) is 0 Å². The molecule has 2 aliphatic heterocycles. The first-order valence-corrected chi connectivity index (χ1v) is 13.9. The Morgan fingerprint density at radius 2 is 2.00 bits per heavy atom. The number of likely N-dealkylation sites (tertiary alicyclic amines) is 1. The Hall–Kier alpha value is -1.11. The molecular weight excluding hydrogens is 420 g/mol. The molecule has 178 valence electrons. The second-order valence-corrected chi connectivity index (χ2v) is 11.8. The minimum Gasteiger partial charge on any atom is -0.449 e. The highest BCUT2D eigenvalue weighted by atomic mass is 32.1. The minimum atomic E-state index is -0.202. The smallest absolute Gasteiger partial charge is 0.407 e. The summed E-state index contributed by atoms with van der Waals surface area (Å²) in [6.07, 6.45) is 12.8. The van der Waals surface area contributed by atoms with Crippen LogP contribution in [0.5, 0.6) is 0 Å². The molecule has 1 N–H and O–H groups in total. The number of hydrogen-bond donors (Lipinski definition) is 1. The maximum atomic E-state index is 12.1. The zero-order chi connectivity index (χ0) is 22.0. The third-order valence-corrected chi connectivity index (χ3v) is 9.66. The van der Waals surface area contributed by atoms with Crippen LogP contribution in [-0.4, -0.2) is 49.9 Å². The van der Waals surface area contributed by atoms with Crippen LogP contribution in [-0.2, 0) is 27.9 Å². The Morgan fingerprint density at radius 3 is 2.75 bits per heavy atom. The maximum Gasteiger partial charge on any atom is 0.407 e. The summed E-state index contributed by atoms with van der Waals surface area (Å²) >= 11 is 2.01. The molecule has 3 heterocycles. The topological polar surface area (TPSA) is 50.8 Å². The standard InChI is InChI=1S/C26H40N2O3S/c1-2-22-16-23-24(32-22)8-13-31-26(23)9-11-28(12-10-26)17-20-14-21(15-20)27-25(29)30-18-19-6-4-3-5-7-19/h16,19-21H,2-15,17-18H2,1H3,(H,27,29).